The molecule has 7 heteroatoms. The normalized spacial score (nSPS) is 10.9. The quantitative estimate of drug-likeness (QED) is 0.467. The zero-order valence-corrected chi connectivity index (χ0v) is 17.3. The van der Waals surface area contributed by atoms with E-state index in [9.17, 15) is 0 Å². The molecule has 0 aliphatic rings. The highest BCUT2D eigenvalue weighted by Crippen LogP contribution is 2.37. The predicted molar refractivity (Wildman–Crippen MR) is 101 cm³/mol. The lowest BCUT2D eigenvalue weighted by atomic mass is 10.0. The second-order valence-corrected chi connectivity index (χ2v) is 7.45. The van der Waals surface area contributed by atoms with Gasteiger partial charge < -0.3 is 17.0 Å². The van der Waals surface area contributed by atoms with E-state index >= 15 is 0 Å². The van der Waals surface area contributed by atoms with Crippen LogP contribution in [0.2, 0.25) is 10.0 Å². The molecule has 0 bridgehead atoms. The summed E-state index contributed by atoms with van der Waals surface area (Å²) in [5.74, 6) is 0. The maximum Gasteiger partial charge on any atom is 0.213 e. The molecule has 2 heterocycles. The van der Waals surface area contributed by atoms with Gasteiger partial charge in [-0.05, 0) is 31.5 Å². The summed E-state index contributed by atoms with van der Waals surface area (Å²) in [4.78, 5) is 5.53. The van der Waals surface area contributed by atoms with Crippen molar-refractivity contribution in [1.29, 1.82) is 0 Å². The summed E-state index contributed by atoms with van der Waals surface area (Å²) in [7, 11) is 0. The minimum Gasteiger partial charge on any atom is -1.00 e. The third-order valence-electron chi connectivity index (χ3n) is 3.88. The molecule has 0 saturated carbocycles. The second kappa shape index (κ2) is 7.08. The fourth-order valence-electron chi connectivity index (χ4n) is 2.73. The fourth-order valence-corrected chi connectivity index (χ4v) is 4.38. The summed E-state index contributed by atoms with van der Waals surface area (Å²) in [6.07, 6.45) is 1.94. The molecular weight excluding hydrogens is 441 g/mol. The van der Waals surface area contributed by atoms with Crippen LogP contribution in [0.4, 0.5) is 0 Å². The van der Waals surface area contributed by atoms with Gasteiger partial charge in [0, 0.05) is 11.1 Å². The molecule has 2 aromatic heterocycles. The number of nitrogens with zero attached hydrogens (tertiary/aromatic N) is 3. The number of hydrogen-bond acceptors (Lipinski definition) is 3. The van der Waals surface area contributed by atoms with Crippen LogP contribution in [0.15, 0.2) is 42.6 Å². The zero-order chi connectivity index (χ0) is 16.8. The molecule has 25 heavy (non-hydrogen) atoms. The average molecular weight is 454 g/mol. The van der Waals surface area contributed by atoms with Crippen molar-refractivity contribution in [3.63, 3.8) is 0 Å². The highest BCUT2D eigenvalue weighted by atomic mass is 79.9. The Bertz CT molecular complexity index is 1020. The Morgan fingerprint density at radius 3 is 2.40 bits per heavy atom. The number of imidazole rings is 1. The van der Waals surface area contributed by atoms with Crippen LogP contribution in [0.3, 0.4) is 0 Å². The van der Waals surface area contributed by atoms with Gasteiger partial charge in [0.05, 0.1) is 21.9 Å². The first-order chi connectivity index (χ1) is 11.5. The highest BCUT2D eigenvalue weighted by molar-refractivity contribution is 7.20. The summed E-state index contributed by atoms with van der Waals surface area (Å²) in [5.41, 5.74) is 5.24. The summed E-state index contributed by atoms with van der Waals surface area (Å²) in [5, 5.41) is 6.55. The molecule has 3 nitrogen and oxygen atoms in total. The molecule has 0 saturated heterocycles. The van der Waals surface area contributed by atoms with Crippen molar-refractivity contribution in [3.8, 4) is 21.8 Å². The summed E-state index contributed by atoms with van der Waals surface area (Å²) in [6, 6.07) is 11.8. The van der Waals surface area contributed by atoms with Gasteiger partial charge in [0.1, 0.15) is 0 Å². The number of benzene rings is 2. The molecular formula is C18H13BrCl2N3S-. The van der Waals surface area contributed by atoms with Gasteiger partial charge in [-0.25, -0.2) is 9.50 Å². The fraction of sp³-hybridized carbons (Fsp3) is 0.111. The number of rotatable bonds is 2. The van der Waals surface area contributed by atoms with Crippen molar-refractivity contribution in [2.24, 2.45) is 0 Å². The van der Waals surface area contributed by atoms with Crippen molar-refractivity contribution >= 4 is 39.5 Å². The molecule has 0 fully saturated rings. The van der Waals surface area contributed by atoms with E-state index in [-0.39, 0.29) is 17.0 Å². The molecule has 2 aromatic carbocycles. The van der Waals surface area contributed by atoms with E-state index in [1.807, 2.05) is 24.4 Å². The largest absolute Gasteiger partial charge is 1.00 e. The van der Waals surface area contributed by atoms with Crippen LogP contribution in [0.5, 0.6) is 0 Å². The Hall–Kier alpha value is -1.40. The van der Waals surface area contributed by atoms with E-state index in [0.717, 1.165) is 26.8 Å². The number of aryl methyl sites for hydroxylation is 2. The maximum atomic E-state index is 6.27. The van der Waals surface area contributed by atoms with Gasteiger partial charge in [-0.3, -0.25) is 0 Å². The van der Waals surface area contributed by atoms with Crippen molar-refractivity contribution in [1.82, 2.24) is 14.6 Å². The van der Waals surface area contributed by atoms with Gasteiger partial charge >= 0.3 is 0 Å². The smallest absolute Gasteiger partial charge is 0.213 e. The molecule has 4 aromatic rings. The SMILES string of the molecule is Cc1ccc(-c2cn3nc(-c4c(Cl)cccc4Cl)sc3n2)c(C)c1.[Br-]. The summed E-state index contributed by atoms with van der Waals surface area (Å²) >= 11 is 14.0. The lowest BCUT2D eigenvalue weighted by molar-refractivity contribution is -0.00000471. The maximum absolute atomic E-state index is 6.27. The van der Waals surface area contributed by atoms with Crippen LogP contribution in [0.1, 0.15) is 11.1 Å². The Morgan fingerprint density at radius 2 is 1.76 bits per heavy atom. The molecule has 0 aliphatic heterocycles. The van der Waals surface area contributed by atoms with Crippen molar-refractivity contribution in [3.05, 3.63) is 63.8 Å². The minimum atomic E-state index is 0. The number of halogens is 3. The molecule has 0 unspecified atom stereocenters. The molecule has 128 valence electrons. The van der Waals surface area contributed by atoms with Gasteiger partial charge in [0.2, 0.25) is 4.96 Å². The van der Waals surface area contributed by atoms with Crippen LogP contribution in [0, 0.1) is 13.8 Å². The Kier molecular flexibility index (Phi) is 5.21. The number of hydrogen-bond donors (Lipinski definition) is 0. The molecule has 0 atom stereocenters. The molecule has 0 aliphatic carbocycles. The van der Waals surface area contributed by atoms with E-state index in [4.69, 9.17) is 28.2 Å². The van der Waals surface area contributed by atoms with Gasteiger partial charge in [-0.15, -0.1) is 0 Å². The Labute approximate surface area is 170 Å². The molecule has 0 spiro atoms. The van der Waals surface area contributed by atoms with Crippen LogP contribution >= 0.6 is 34.5 Å². The Balaban J connectivity index is 0.00000182. The lowest BCUT2D eigenvalue weighted by Gasteiger charge is -2.03. The van der Waals surface area contributed by atoms with Crippen LogP contribution in [0.25, 0.3) is 26.8 Å². The molecule has 0 amide bonds. The van der Waals surface area contributed by atoms with E-state index in [0.29, 0.717) is 10.0 Å². The van der Waals surface area contributed by atoms with Gasteiger partial charge in [0.15, 0.2) is 5.01 Å². The molecule has 4 rings (SSSR count). The van der Waals surface area contributed by atoms with Crippen LogP contribution < -0.4 is 17.0 Å². The number of fused-ring (bicyclic) bond motifs is 1. The van der Waals surface area contributed by atoms with E-state index < -0.39 is 0 Å². The van der Waals surface area contributed by atoms with Gasteiger partial charge in [-0.1, -0.05) is 64.4 Å². The van der Waals surface area contributed by atoms with Crippen molar-refractivity contribution in [2.45, 2.75) is 13.8 Å². The predicted octanol–water partition coefficient (Wildman–Crippen LogP) is 3.05. The van der Waals surface area contributed by atoms with Gasteiger partial charge in [0.25, 0.3) is 0 Å². The first-order valence-corrected chi connectivity index (χ1v) is 8.98. The van der Waals surface area contributed by atoms with Crippen molar-refractivity contribution in [2.75, 3.05) is 0 Å². The van der Waals surface area contributed by atoms with Crippen molar-refractivity contribution < 1.29 is 17.0 Å². The van der Waals surface area contributed by atoms with Crippen LogP contribution in [-0.2, 0) is 0 Å². The first-order valence-electron chi connectivity index (χ1n) is 7.41. The molecule has 0 N–H and O–H groups in total. The number of aromatic nitrogens is 3. The van der Waals surface area contributed by atoms with Crippen LogP contribution in [-0.4, -0.2) is 14.6 Å². The first kappa shape index (κ1) is 18.4. The Morgan fingerprint density at radius 1 is 1.04 bits per heavy atom. The third-order valence-corrected chi connectivity index (χ3v) is 5.45. The monoisotopic (exact) mass is 452 g/mol. The van der Waals surface area contributed by atoms with Gasteiger partial charge in [-0.2, -0.15) is 5.10 Å². The standard InChI is InChI=1S/C18H13Cl2N3S.BrH/c1-10-6-7-12(11(2)8-10)15-9-23-18(21-15)24-17(22-23)16-13(19)4-3-5-14(16)20;/h3-9H,1-2H3;1H/p-1. The average Bonchev–Trinajstić information content (AvgIpc) is 3.05. The summed E-state index contributed by atoms with van der Waals surface area (Å²) < 4.78 is 1.79. The highest BCUT2D eigenvalue weighted by Gasteiger charge is 2.16. The zero-order valence-electron chi connectivity index (χ0n) is 13.4. The topological polar surface area (TPSA) is 30.2 Å². The third kappa shape index (κ3) is 3.34. The van der Waals surface area contributed by atoms with E-state index in [1.54, 1.807) is 4.52 Å². The minimum absolute atomic E-state index is 0. The second-order valence-electron chi connectivity index (χ2n) is 5.68. The van der Waals surface area contributed by atoms with E-state index in [1.165, 1.54) is 22.5 Å². The molecule has 0 radical (unpaired) electrons. The summed E-state index contributed by atoms with van der Waals surface area (Å²) in [6.45, 7) is 4.18. The lowest BCUT2D eigenvalue weighted by Crippen LogP contribution is -3.00. The van der Waals surface area contributed by atoms with E-state index in [2.05, 4.69) is 37.1 Å².